The molecule has 5 aromatic rings. The van der Waals surface area contributed by atoms with E-state index in [-0.39, 0.29) is 5.91 Å². The summed E-state index contributed by atoms with van der Waals surface area (Å²) >= 11 is 0. The Morgan fingerprint density at radius 1 is 1.00 bits per heavy atom. The number of primary amides is 1. The first kappa shape index (κ1) is 29.3. The summed E-state index contributed by atoms with van der Waals surface area (Å²) in [5, 5.41) is 7.52. The van der Waals surface area contributed by atoms with Crippen LogP contribution in [0.25, 0.3) is 22.1 Å². The van der Waals surface area contributed by atoms with Gasteiger partial charge >= 0.3 is 0 Å². The topological polar surface area (TPSA) is 164 Å². The first-order chi connectivity index (χ1) is 21.3. The minimum absolute atomic E-state index is 0.244. The van der Waals surface area contributed by atoms with Crippen LogP contribution in [0.4, 0.5) is 11.9 Å². The van der Waals surface area contributed by atoms with E-state index >= 15 is 0 Å². The second-order valence-corrected chi connectivity index (χ2v) is 11.1. The molecule has 0 bridgehead atoms. The number of carbonyl (C=O) groups excluding carboxylic acids is 2. The molecule has 6 rings (SSSR count). The van der Waals surface area contributed by atoms with Crippen LogP contribution in [-0.4, -0.2) is 71.9 Å². The predicted octanol–water partition coefficient (Wildman–Crippen LogP) is 3.16. The van der Waals surface area contributed by atoms with Crippen LogP contribution < -0.4 is 16.8 Å². The standard InChI is InChI=1S/C31H38N10O3/c1-3-41-26(17-20(2)37-41)29(43)36-31-35-23-8-6-7-22(19-38-13-15-44-16-14-38)27(23)40(31)12-5-4-11-39-25-10-9-21(28(32)42)18-24(25)34-30(39)33/h6-10,17-18H,3-5,11-16,19H2,1-2H3,(H2,32,42)(H2,33,34)(H,35,36,43). The van der Waals surface area contributed by atoms with E-state index in [0.717, 1.165) is 73.5 Å². The van der Waals surface area contributed by atoms with Crippen molar-refractivity contribution in [3.63, 3.8) is 0 Å². The third-order valence-corrected chi connectivity index (χ3v) is 8.08. The molecule has 1 saturated heterocycles. The van der Waals surface area contributed by atoms with E-state index in [1.165, 1.54) is 0 Å². The number of benzene rings is 2. The van der Waals surface area contributed by atoms with Crippen LogP contribution in [-0.2, 0) is 30.9 Å². The van der Waals surface area contributed by atoms with Crippen molar-refractivity contribution >= 4 is 45.8 Å². The Labute approximate surface area is 254 Å². The van der Waals surface area contributed by atoms with Gasteiger partial charge in [-0.05, 0) is 62.6 Å². The number of nitrogen functional groups attached to an aromatic ring is 1. The number of rotatable bonds is 11. The van der Waals surface area contributed by atoms with Gasteiger partial charge in [0.2, 0.25) is 17.8 Å². The van der Waals surface area contributed by atoms with Crippen LogP contribution in [0, 0.1) is 6.92 Å². The molecule has 3 aromatic heterocycles. The molecule has 44 heavy (non-hydrogen) atoms. The molecular weight excluding hydrogens is 560 g/mol. The van der Waals surface area contributed by atoms with Crippen molar-refractivity contribution in [1.29, 1.82) is 0 Å². The zero-order valence-corrected chi connectivity index (χ0v) is 25.1. The van der Waals surface area contributed by atoms with Crippen molar-refractivity contribution in [1.82, 2.24) is 33.8 Å². The average Bonchev–Trinajstić information content (AvgIpc) is 3.67. The lowest BCUT2D eigenvalue weighted by molar-refractivity contribution is 0.0343. The summed E-state index contributed by atoms with van der Waals surface area (Å²) in [5.41, 5.74) is 17.9. The summed E-state index contributed by atoms with van der Waals surface area (Å²) in [6, 6.07) is 13.1. The highest BCUT2D eigenvalue weighted by Crippen LogP contribution is 2.27. The molecule has 4 heterocycles. The van der Waals surface area contributed by atoms with Crippen molar-refractivity contribution in [3.05, 3.63) is 65.0 Å². The molecule has 0 radical (unpaired) electrons. The van der Waals surface area contributed by atoms with Gasteiger partial charge in [-0.15, -0.1) is 0 Å². The molecule has 0 spiro atoms. The summed E-state index contributed by atoms with van der Waals surface area (Å²) in [7, 11) is 0. The lowest BCUT2D eigenvalue weighted by Crippen LogP contribution is -2.35. The number of anilines is 2. The summed E-state index contributed by atoms with van der Waals surface area (Å²) < 4.78 is 11.3. The molecule has 230 valence electrons. The summed E-state index contributed by atoms with van der Waals surface area (Å²) in [5.74, 6) is 0.148. The Kier molecular flexibility index (Phi) is 8.31. The van der Waals surface area contributed by atoms with Gasteiger partial charge in [-0.3, -0.25) is 24.5 Å². The Balaban J connectivity index is 1.27. The number of nitrogens with zero attached hydrogens (tertiary/aromatic N) is 7. The highest BCUT2D eigenvalue weighted by molar-refractivity contribution is 6.03. The van der Waals surface area contributed by atoms with E-state index in [9.17, 15) is 9.59 Å². The highest BCUT2D eigenvalue weighted by atomic mass is 16.5. The van der Waals surface area contributed by atoms with E-state index in [1.807, 2.05) is 36.6 Å². The molecule has 1 aliphatic heterocycles. The van der Waals surface area contributed by atoms with Crippen LogP contribution in [0.2, 0.25) is 0 Å². The number of unbranched alkanes of at least 4 members (excludes halogenated alkanes) is 1. The van der Waals surface area contributed by atoms with Crippen molar-refractivity contribution < 1.29 is 14.3 Å². The average molecular weight is 599 g/mol. The number of imidazole rings is 2. The molecule has 0 saturated carbocycles. The van der Waals surface area contributed by atoms with Gasteiger partial charge in [0, 0.05) is 44.8 Å². The second kappa shape index (κ2) is 12.5. The molecule has 13 heteroatoms. The first-order valence-corrected chi connectivity index (χ1v) is 15.0. The van der Waals surface area contributed by atoms with Gasteiger partial charge in [0.1, 0.15) is 5.69 Å². The maximum Gasteiger partial charge on any atom is 0.276 e. The number of ether oxygens (including phenoxy) is 1. The number of hydrogen-bond acceptors (Lipinski definition) is 8. The fourth-order valence-electron chi connectivity index (χ4n) is 5.91. The molecule has 13 nitrogen and oxygen atoms in total. The smallest absolute Gasteiger partial charge is 0.276 e. The predicted molar refractivity (Wildman–Crippen MR) is 168 cm³/mol. The van der Waals surface area contributed by atoms with E-state index in [4.69, 9.17) is 21.2 Å². The number of hydrogen-bond donors (Lipinski definition) is 3. The van der Waals surface area contributed by atoms with Gasteiger partial charge in [-0.1, -0.05) is 12.1 Å². The number of aryl methyl sites for hydroxylation is 4. The lowest BCUT2D eigenvalue weighted by atomic mass is 10.1. The van der Waals surface area contributed by atoms with Crippen LogP contribution >= 0.6 is 0 Å². The van der Waals surface area contributed by atoms with Crippen LogP contribution in [0.1, 0.15) is 51.9 Å². The van der Waals surface area contributed by atoms with E-state index < -0.39 is 5.91 Å². The SMILES string of the molecule is CCn1nc(C)cc1C(=O)Nc1nc2cccc(CN3CCOCC3)c2n1CCCCn1c(N)nc2cc(C(N)=O)ccc21. The normalized spacial score (nSPS) is 14.0. The number of amides is 2. The van der Waals surface area contributed by atoms with Gasteiger partial charge in [0.05, 0.1) is 41.0 Å². The number of nitrogens with two attached hydrogens (primary N) is 2. The van der Waals surface area contributed by atoms with Crippen LogP contribution in [0.3, 0.4) is 0 Å². The molecule has 0 aliphatic carbocycles. The quantitative estimate of drug-likeness (QED) is 0.195. The van der Waals surface area contributed by atoms with Gasteiger partial charge in [0.15, 0.2) is 0 Å². The molecule has 0 unspecified atom stereocenters. The van der Waals surface area contributed by atoms with Crippen LogP contribution in [0.15, 0.2) is 42.5 Å². The van der Waals surface area contributed by atoms with Crippen molar-refractivity contribution in [2.45, 2.75) is 52.9 Å². The van der Waals surface area contributed by atoms with E-state index in [0.29, 0.717) is 48.3 Å². The summed E-state index contributed by atoms with van der Waals surface area (Å²) in [4.78, 5) is 36.8. The highest BCUT2D eigenvalue weighted by Gasteiger charge is 2.21. The number of fused-ring (bicyclic) bond motifs is 2. The molecule has 0 atom stereocenters. The number of morpholine rings is 1. The Hall–Kier alpha value is -4.75. The van der Waals surface area contributed by atoms with Crippen molar-refractivity contribution in [2.24, 2.45) is 5.73 Å². The fraction of sp³-hybridized carbons (Fsp3) is 0.387. The van der Waals surface area contributed by atoms with Gasteiger partial charge < -0.3 is 25.3 Å². The maximum atomic E-state index is 13.5. The number of carbonyl (C=O) groups is 2. The maximum absolute atomic E-state index is 13.5. The molecule has 5 N–H and O–H groups in total. The molecule has 2 amide bonds. The number of nitrogens with one attached hydrogen (secondary N) is 1. The van der Waals surface area contributed by atoms with E-state index in [1.54, 1.807) is 22.9 Å². The minimum Gasteiger partial charge on any atom is -0.379 e. The van der Waals surface area contributed by atoms with Crippen molar-refractivity contribution in [2.75, 3.05) is 37.4 Å². The number of para-hydroxylation sites is 1. The van der Waals surface area contributed by atoms with E-state index in [2.05, 4.69) is 30.9 Å². The number of aromatic nitrogens is 6. The Morgan fingerprint density at radius 3 is 2.52 bits per heavy atom. The third kappa shape index (κ3) is 5.88. The zero-order chi connectivity index (χ0) is 30.8. The monoisotopic (exact) mass is 598 g/mol. The summed E-state index contributed by atoms with van der Waals surface area (Å²) in [6.07, 6.45) is 1.60. The van der Waals surface area contributed by atoms with Crippen LogP contribution in [0.5, 0.6) is 0 Å². The third-order valence-electron chi connectivity index (χ3n) is 8.08. The Morgan fingerprint density at radius 2 is 1.77 bits per heavy atom. The van der Waals surface area contributed by atoms with Gasteiger partial charge in [-0.2, -0.15) is 5.10 Å². The molecule has 1 fully saturated rings. The minimum atomic E-state index is -0.502. The fourth-order valence-corrected chi connectivity index (χ4v) is 5.91. The zero-order valence-electron chi connectivity index (χ0n) is 25.1. The van der Waals surface area contributed by atoms with Gasteiger partial charge in [0.25, 0.3) is 5.91 Å². The second-order valence-electron chi connectivity index (χ2n) is 11.1. The lowest BCUT2D eigenvalue weighted by Gasteiger charge is -2.27. The van der Waals surface area contributed by atoms with Gasteiger partial charge in [-0.25, -0.2) is 9.97 Å². The first-order valence-electron chi connectivity index (χ1n) is 15.0. The largest absolute Gasteiger partial charge is 0.379 e. The van der Waals surface area contributed by atoms with Crippen molar-refractivity contribution in [3.8, 4) is 0 Å². The molecule has 1 aliphatic rings. The molecular formula is C31H38N10O3. The summed E-state index contributed by atoms with van der Waals surface area (Å²) in [6.45, 7) is 9.66. The Bertz CT molecular complexity index is 1830. The molecule has 2 aromatic carbocycles.